The minimum Gasteiger partial charge on any atom is -0.508 e. The van der Waals surface area contributed by atoms with E-state index in [1.54, 1.807) is 141 Å². The van der Waals surface area contributed by atoms with E-state index in [4.69, 9.17) is 35.3 Å². The third-order valence-corrected chi connectivity index (χ3v) is 13.5. The number of halogens is 5. The summed E-state index contributed by atoms with van der Waals surface area (Å²) in [7, 11) is 0. The predicted octanol–water partition coefficient (Wildman–Crippen LogP) is 14.3. The highest BCUT2D eigenvalue weighted by atomic mass is 35.5. The lowest BCUT2D eigenvalue weighted by Crippen LogP contribution is -2.45. The molecule has 0 bridgehead atoms. The fourth-order valence-electron chi connectivity index (χ4n) is 8.70. The van der Waals surface area contributed by atoms with E-state index in [-0.39, 0.29) is 74.3 Å². The number of carbonyl (C=O) groups excluding carboxylic acids is 6. The number of hydrogen-bond acceptors (Lipinski definition) is 12. The smallest absolute Gasteiger partial charge is 0.410 e. The van der Waals surface area contributed by atoms with Crippen LogP contribution >= 0.6 is 11.6 Å². The number of amides is 4. The molecule has 0 fully saturated rings. The maximum atomic E-state index is 14.3. The Morgan fingerprint density at radius 1 is 0.529 bits per heavy atom. The summed E-state index contributed by atoms with van der Waals surface area (Å²) in [6.07, 6.45) is -0.252. The number of carbonyl (C=O) groups is 6. The van der Waals surface area contributed by atoms with Crippen LogP contribution in [-0.2, 0) is 75.3 Å². The second-order valence-corrected chi connectivity index (χ2v) is 26.3. The molecule has 2 aliphatic rings. The molecule has 0 unspecified atom stereocenters. The van der Waals surface area contributed by atoms with Crippen molar-refractivity contribution in [3.8, 4) is 11.5 Å². The molecule has 0 spiro atoms. The highest BCUT2D eigenvalue weighted by molar-refractivity contribution is 6.17. The maximum absolute atomic E-state index is 14.3. The molecule has 0 aromatic heterocycles. The first kappa shape index (κ1) is 72.4. The monoisotopic (exact) mass is 1240 g/mol. The van der Waals surface area contributed by atoms with E-state index in [1.807, 2.05) is 6.07 Å². The van der Waals surface area contributed by atoms with Gasteiger partial charge < -0.3 is 38.6 Å². The van der Waals surface area contributed by atoms with Crippen LogP contribution in [0.3, 0.4) is 0 Å². The molecule has 1 N–H and O–H groups in total. The molecule has 0 saturated carbocycles. The lowest BCUT2D eigenvalue weighted by Gasteiger charge is -2.29. The standard InChI is InChI=1S/C33H44F2N2O6.C22H32N2O6.C11H13ClF2/c1-22(2)33(34,35)25-11-9-23(10-12-25)21-41-26-13-14-27-24(19-26)15-18-37(27)28(38)20-36(30(40)43-32(6,7)8)17-16-29(39)42-31(3,4)5;1-21(2,3)29-19(27)10-11-23(20(28)30-22(4,5)6)14-18(26)24-12-9-15-13-16(25)7-8-17(15)24;1-8(2)11(13,14)10-5-3-9(7-12)4-6-10/h9-14,19,22H,15-18,20-21H2,1-8H3;7-8,13,25H,9-12,14H2,1-6H3;3-6,8H,7H2,1-2H3. The number of phenols is 1. The molecule has 4 aromatic carbocycles. The van der Waals surface area contributed by atoms with Gasteiger partial charge in [0.05, 0.1) is 12.8 Å². The van der Waals surface area contributed by atoms with Crippen molar-refractivity contribution in [2.45, 2.75) is 183 Å². The first-order valence-electron chi connectivity index (χ1n) is 29.2. The van der Waals surface area contributed by atoms with Gasteiger partial charge >= 0.3 is 24.1 Å². The average Bonchev–Trinajstić information content (AvgIpc) is 2.14. The van der Waals surface area contributed by atoms with Crippen molar-refractivity contribution < 1.29 is 75.1 Å². The van der Waals surface area contributed by atoms with Crippen molar-refractivity contribution in [2.75, 3.05) is 49.1 Å². The van der Waals surface area contributed by atoms with Crippen LogP contribution in [0.25, 0.3) is 0 Å². The number of anilines is 2. The van der Waals surface area contributed by atoms with Gasteiger partial charge in [-0.15, -0.1) is 11.6 Å². The number of alkyl halides is 5. The van der Waals surface area contributed by atoms with E-state index >= 15 is 0 Å². The van der Waals surface area contributed by atoms with Crippen LogP contribution < -0.4 is 14.5 Å². The summed E-state index contributed by atoms with van der Waals surface area (Å²) in [4.78, 5) is 81.9. The van der Waals surface area contributed by atoms with E-state index < -0.39 is 70.2 Å². The Morgan fingerprint density at radius 2 is 0.897 bits per heavy atom. The van der Waals surface area contributed by atoms with E-state index in [0.29, 0.717) is 48.9 Å². The Bertz CT molecular complexity index is 2980. The molecule has 4 amide bonds. The van der Waals surface area contributed by atoms with Crippen molar-refractivity contribution in [1.29, 1.82) is 0 Å². The van der Waals surface area contributed by atoms with Crippen LogP contribution in [0.1, 0.15) is 157 Å². The van der Waals surface area contributed by atoms with Crippen LogP contribution in [0.15, 0.2) is 84.9 Å². The second kappa shape index (κ2) is 30.2. The zero-order valence-electron chi connectivity index (χ0n) is 53.3. The molecule has 2 aliphatic heterocycles. The third kappa shape index (κ3) is 23.2. The number of ether oxygens (including phenoxy) is 5. The summed E-state index contributed by atoms with van der Waals surface area (Å²) in [5.74, 6) is -7.57. The zero-order chi connectivity index (χ0) is 65.6. The van der Waals surface area contributed by atoms with Crippen LogP contribution in [0, 0.1) is 11.8 Å². The molecule has 480 valence electrons. The lowest BCUT2D eigenvalue weighted by atomic mass is 9.97. The first-order valence-corrected chi connectivity index (χ1v) is 29.7. The largest absolute Gasteiger partial charge is 0.508 e. The van der Waals surface area contributed by atoms with Gasteiger partial charge in [0.15, 0.2) is 0 Å². The van der Waals surface area contributed by atoms with E-state index in [9.17, 15) is 51.4 Å². The van der Waals surface area contributed by atoms with Crippen LogP contribution in [0.5, 0.6) is 11.5 Å². The summed E-state index contributed by atoms with van der Waals surface area (Å²) in [6, 6.07) is 22.5. The molecule has 0 aliphatic carbocycles. The molecule has 21 heteroatoms. The van der Waals surface area contributed by atoms with E-state index in [1.165, 1.54) is 67.8 Å². The highest BCUT2D eigenvalue weighted by Crippen LogP contribution is 2.38. The minimum atomic E-state index is -2.90. The molecule has 0 atom stereocenters. The van der Waals surface area contributed by atoms with Gasteiger partial charge in [-0.3, -0.25) is 29.0 Å². The zero-order valence-corrected chi connectivity index (χ0v) is 54.1. The molecule has 0 radical (unpaired) electrons. The van der Waals surface area contributed by atoms with Crippen molar-refractivity contribution in [1.82, 2.24) is 9.80 Å². The lowest BCUT2D eigenvalue weighted by molar-refractivity contribution is -0.156. The Hall–Kier alpha value is -7.09. The number of nitrogens with zero attached hydrogens (tertiary/aromatic N) is 4. The van der Waals surface area contributed by atoms with E-state index in [0.717, 1.165) is 22.3 Å². The number of esters is 2. The fourth-order valence-corrected chi connectivity index (χ4v) is 8.88. The summed E-state index contributed by atoms with van der Waals surface area (Å²) < 4.78 is 83.0. The Morgan fingerprint density at radius 3 is 1.26 bits per heavy atom. The van der Waals surface area contributed by atoms with Crippen LogP contribution in [-0.4, -0.2) is 113 Å². The number of phenolic OH excluding ortho intramolecular Hbond substituents is 1. The van der Waals surface area contributed by atoms with Gasteiger partial charge in [0.25, 0.3) is 11.8 Å². The maximum Gasteiger partial charge on any atom is 0.410 e. The van der Waals surface area contributed by atoms with E-state index in [2.05, 4.69) is 0 Å². The van der Waals surface area contributed by atoms with Gasteiger partial charge in [0.1, 0.15) is 53.6 Å². The molecule has 87 heavy (non-hydrogen) atoms. The third-order valence-electron chi connectivity index (χ3n) is 13.2. The number of rotatable bonds is 18. The Balaban J connectivity index is 0.000000317. The number of benzene rings is 4. The van der Waals surface area contributed by atoms with Gasteiger partial charge in [-0.1, -0.05) is 76.2 Å². The van der Waals surface area contributed by atoms with Gasteiger partial charge in [0.2, 0.25) is 11.8 Å². The summed E-state index contributed by atoms with van der Waals surface area (Å²) in [5, 5.41) is 9.63. The van der Waals surface area contributed by atoms with Gasteiger partial charge in [-0.25, -0.2) is 27.2 Å². The van der Waals surface area contributed by atoms with Gasteiger partial charge in [-0.05, 0) is 155 Å². The Labute approximate surface area is 515 Å². The fraction of sp³-hybridized carbons (Fsp3) is 0.545. The molecule has 4 aromatic rings. The van der Waals surface area contributed by atoms with Crippen molar-refractivity contribution in [2.24, 2.45) is 11.8 Å². The predicted molar refractivity (Wildman–Crippen MR) is 327 cm³/mol. The normalized spacial score (nSPS) is 13.3. The molecule has 6 rings (SSSR count). The molecule has 2 heterocycles. The molecule has 0 saturated heterocycles. The average molecular weight is 1240 g/mol. The number of hydrogen-bond donors (Lipinski definition) is 1. The van der Waals surface area contributed by atoms with Crippen molar-refractivity contribution in [3.05, 3.63) is 118 Å². The highest BCUT2D eigenvalue weighted by Gasteiger charge is 2.37. The molecular weight excluding hydrogens is 1150 g/mol. The molecular formula is C66H89ClF4N4O12. The van der Waals surface area contributed by atoms with Crippen LogP contribution in [0.4, 0.5) is 38.5 Å². The van der Waals surface area contributed by atoms with Crippen molar-refractivity contribution >= 4 is 58.9 Å². The summed E-state index contributed by atoms with van der Waals surface area (Å²) in [6.45, 7) is 27.6. The SMILES string of the molecule is CC(C)(C)OC(=O)CCN(CC(=O)N1CCc2cc(O)ccc21)C(=O)OC(C)(C)C.CC(C)C(F)(F)c1ccc(CCl)cc1.CC(C)C(F)(F)c1ccc(COc2ccc3c(c2)CCN3C(=O)CN(CCC(=O)OC(C)(C)C)C(=O)OC(C)(C)C)cc1. The Kier molecular flexibility index (Phi) is 25.1. The second-order valence-electron chi connectivity index (χ2n) is 26.0. The number of aromatic hydroxyl groups is 1. The molecule has 16 nitrogen and oxygen atoms in total. The van der Waals surface area contributed by atoms with Gasteiger partial charge in [-0.2, -0.15) is 0 Å². The number of fused-ring (bicyclic) bond motifs is 2. The minimum absolute atomic E-state index is 0.00580. The van der Waals surface area contributed by atoms with Gasteiger partial charge in [0, 0.05) is 66.4 Å². The quantitative estimate of drug-likeness (QED) is 0.0431. The topological polar surface area (TPSA) is 182 Å². The summed E-state index contributed by atoms with van der Waals surface area (Å²) in [5.41, 5.74) is 2.06. The first-order chi connectivity index (χ1) is 40.1. The summed E-state index contributed by atoms with van der Waals surface area (Å²) >= 11 is 5.57. The van der Waals surface area contributed by atoms with Crippen molar-refractivity contribution in [3.63, 3.8) is 0 Å². The van der Waals surface area contributed by atoms with Crippen LogP contribution in [0.2, 0.25) is 0 Å².